The molecule has 0 N–H and O–H groups in total. The maximum atomic E-state index is 13.1. The van der Waals surface area contributed by atoms with Gasteiger partial charge in [-0.1, -0.05) is 0 Å². The second kappa shape index (κ2) is 8.60. The molecule has 0 unspecified atom stereocenters. The number of rotatable bonds is 8. The van der Waals surface area contributed by atoms with Gasteiger partial charge in [-0.3, -0.25) is 9.69 Å². The van der Waals surface area contributed by atoms with Crippen molar-refractivity contribution in [1.82, 2.24) is 4.90 Å². The molecule has 0 atom stereocenters. The second-order valence-electron chi connectivity index (χ2n) is 4.37. The van der Waals surface area contributed by atoms with Crippen LogP contribution in [0.15, 0.2) is 18.2 Å². The molecule has 0 aliphatic carbocycles. The lowest BCUT2D eigenvalue weighted by Gasteiger charge is -2.21. The van der Waals surface area contributed by atoms with Crippen LogP contribution in [0.25, 0.3) is 0 Å². The summed E-state index contributed by atoms with van der Waals surface area (Å²) in [7, 11) is 2.89. The lowest BCUT2D eigenvalue weighted by atomic mass is 10.2. The predicted molar refractivity (Wildman–Crippen MR) is 70.1 cm³/mol. The number of hydrogen-bond donors (Lipinski definition) is 0. The molecule has 0 bridgehead atoms. The Morgan fingerprint density at radius 2 is 1.80 bits per heavy atom. The van der Waals surface area contributed by atoms with Gasteiger partial charge in [-0.25, -0.2) is 8.78 Å². The molecule has 0 heterocycles. The Morgan fingerprint density at radius 3 is 2.35 bits per heavy atom. The van der Waals surface area contributed by atoms with Gasteiger partial charge in [0.25, 0.3) is 0 Å². The van der Waals surface area contributed by atoms with Crippen LogP contribution in [0.2, 0.25) is 0 Å². The highest BCUT2D eigenvalue weighted by Crippen LogP contribution is 2.11. The summed E-state index contributed by atoms with van der Waals surface area (Å²) in [5.41, 5.74) is 0.517. The Labute approximate surface area is 117 Å². The van der Waals surface area contributed by atoms with Crippen molar-refractivity contribution in [2.24, 2.45) is 0 Å². The van der Waals surface area contributed by atoms with E-state index in [0.29, 0.717) is 31.8 Å². The zero-order valence-corrected chi connectivity index (χ0v) is 11.7. The second-order valence-corrected chi connectivity index (χ2v) is 4.37. The summed E-state index contributed by atoms with van der Waals surface area (Å²) in [6, 6.07) is 3.39. The zero-order chi connectivity index (χ0) is 15.0. The Balaban J connectivity index is 2.64. The van der Waals surface area contributed by atoms with Gasteiger partial charge in [0.2, 0.25) is 0 Å². The van der Waals surface area contributed by atoms with Gasteiger partial charge in [0, 0.05) is 32.8 Å². The Hall–Kier alpha value is -1.53. The van der Waals surface area contributed by atoms with E-state index in [0.717, 1.165) is 6.07 Å². The van der Waals surface area contributed by atoms with Crippen molar-refractivity contribution in [2.75, 3.05) is 33.9 Å². The van der Waals surface area contributed by atoms with Crippen molar-refractivity contribution >= 4 is 5.97 Å². The first kappa shape index (κ1) is 16.5. The smallest absolute Gasteiger partial charge is 0.306 e. The molecule has 0 aliphatic rings. The van der Waals surface area contributed by atoms with Gasteiger partial charge in [0.15, 0.2) is 0 Å². The first-order chi connectivity index (χ1) is 9.55. The summed E-state index contributed by atoms with van der Waals surface area (Å²) >= 11 is 0. The van der Waals surface area contributed by atoms with Crippen LogP contribution in [0, 0.1) is 11.6 Å². The molecule has 0 amide bonds. The third-order valence-corrected chi connectivity index (χ3v) is 2.80. The summed E-state index contributed by atoms with van der Waals surface area (Å²) in [6.07, 6.45) is 0.220. The van der Waals surface area contributed by atoms with Crippen molar-refractivity contribution < 1.29 is 23.0 Å². The molecule has 0 aliphatic heterocycles. The largest absolute Gasteiger partial charge is 0.469 e. The summed E-state index contributed by atoms with van der Waals surface area (Å²) in [5, 5.41) is 0. The molecule has 0 aromatic heterocycles. The molecule has 0 saturated heterocycles. The molecular formula is C14H19F2NO3. The lowest BCUT2D eigenvalue weighted by Crippen LogP contribution is -2.29. The van der Waals surface area contributed by atoms with E-state index in [2.05, 4.69) is 4.74 Å². The van der Waals surface area contributed by atoms with Gasteiger partial charge in [-0.15, -0.1) is 0 Å². The molecule has 6 heteroatoms. The monoisotopic (exact) mass is 287 g/mol. The van der Waals surface area contributed by atoms with Crippen LogP contribution < -0.4 is 0 Å². The van der Waals surface area contributed by atoms with Crippen LogP contribution in [-0.2, 0) is 20.8 Å². The van der Waals surface area contributed by atoms with E-state index in [-0.39, 0.29) is 12.4 Å². The number of carbonyl (C=O) groups excluding carboxylic acids is 1. The molecule has 4 nitrogen and oxygen atoms in total. The third-order valence-electron chi connectivity index (χ3n) is 2.80. The van der Waals surface area contributed by atoms with E-state index in [9.17, 15) is 13.6 Å². The fourth-order valence-corrected chi connectivity index (χ4v) is 1.80. The van der Waals surface area contributed by atoms with Gasteiger partial charge in [-0.2, -0.15) is 0 Å². The van der Waals surface area contributed by atoms with Crippen molar-refractivity contribution in [3.8, 4) is 0 Å². The first-order valence-electron chi connectivity index (χ1n) is 6.28. The number of hydrogen-bond acceptors (Lipinski definition) is 4. The van der Waals surface area contributed by atoms with Gasteiger partial charge in [0.1, 0.15) is 11.6 Å². The van der Waals surface area contributed by atoms with E-state index in [1.165, 1.54) is 19.2 Å². The number of benzene rings is 1. The third kappa shape index (κ3) is 6.08. The molecule has 0 fully saturated rings. The molecule has 112 valence electrons. The maximum absolute atomic E-state index is 13.1. The Bertz CT molecular complexity index is 420. The highest BCUT2D eigenvalue weighted by atomic mass is 19.1. The van der Waals surface area contributed by atoms with E-state index in [4.69, 9.17) is 4.74 Å². The van der Waals surface area contributed by atoms with Crippen LogP contribution in [0.5, 0.6) is 0 Å². The molecule has 0 saturated carbocycles. The topological polar surface area (TPSA) is 38.8 Å². The highest BCUT2D eigenvalue weighted by molar-refractivity contribution is 5.69. The van der Waals surface area contributed by atoms with Crippen LogP contribution >= 0.6 is 0 Å². The van der Waals surface area contributed by atoms with Crippen molar-refractivity contribution in [3.63, 3.8) is 0 Å². The SMILES string of the molecule is COCCN(CCC(=O)OC)Cc1cc(F)cc(F)c1. The number of halogens is 2. The van der Waals surface area contributed by atoms with Gasteiger partial charge in [0.05, 0.1) is 20.1 Å². The van der Waals surface area contributed by atoms with Gasteiger partial charge < -0.3 is 9.47 Å². The molecule has 0 radical (unpaired) electrons. The van der Waals surface area contributed by atoms with Crippen LogP contribution in [0.1, 0.15) is 12.0 Å². The fourth-order valence-electron chi connectivity index (χ4n) is 1.80. The number of nitrogens with zero attached hydrogens (tertiary/aromatic N) is 1. The number of methoxy groups -OCH3 is 2. The minimum atomic E-state index is -0.611. The van der Waals surface area contributed by atoms with E-state index in [1.807, 2.05) is 4.90 Å². The van der Waals surface area contributed by atoms with Crippen molar-refractivity contribution in [2.45, 2.75) is 13.0 Å². The average Bonchev–Trinajstić information content (AvgIpc) is 2.40. The normalized spacial score (nSPS) is 10.8. The van der Waals surface area contributed by atoms with E-state index < -0.39 is 11.6 Å². The summed E-state index contributed by atoms with van der Waals surface area (Å²) in [6.45, 7) is 1.81. The van der Waals surface area contributed by atoms with E-state index >= 15 is 0 Å². The minimum Gasteiger partial charge on any atom is -0.469 e. The number of carbonyl (C=O) groups is 1. The summed E-state index contributed by atoms with van der Waals surface area (Å²) in [5.74, 6) is -1.54. The van der Waals surface area contributed by atoms with E-state index in [1.54, 1.807) is 7.11 Å². The van der Waals surface area contributed by atoms with Gasteiger partial charge >= 0.3 is 5.97 Å². The molecule has 1 aromatic rings. The summed E-state index contributed by atoms with van der Waals surface area (Å²) in [4.78, 5) is 13.0. The van der Waals surface area contributed by atoms with Gasteiger partial charge in [-0.05, 0) is 17.7 Å². The molecule has 0 spiro atoms. The van der Waals surface area contributed by atoms with Crippen LogP contribution in [-0.4, -0.2) is 44.8 Å². The molecule has 20 heavy (non-hydrogen) atoms. The van der Waals surface area contributed by atoms with Crippen LogP contribution in [0.4, 0.5) is 8.78 Å². The lowest BCUT2D eigenvalue weighted by molar-refractivity contribution is -0.141. The summed E-state index contributed by atoms with van der Waals surface area (Å²) < 4.78 is 35.8. The molecular weight excluding hydrogens is 268 g/mol. The van der Waals surface area contributed by atoms with Crippen molar-refractivity contribution in [3.05, 3.63) is 35.4 Å². The standard InChI is InChI=1S/C14H19F2NO3/c1-19-6-5-17(4-3-14(18)20-2)10-11-7-12(15)9-13(16)8-11/h7-9H,3-6,10H2,1-2H3. The average molecular weight is 287 g/mol. The quantitative estimate of drug-likeness (QED) is 0.685. The van der Waals surface area contributed by atoms with Crippen LogP contribution in [0.3, 0.4) is 0 Å². The fraction of sp³-hybridized carbons (Fsp3) is 0.500. The number of esters is 1. The zero-order valence-electron chi connectivity index (χ0n) is 11.7. The number of ether oxygens (including phenoxy) is 2. The Morgan fingerprint density at radius 1 is 1.15 bits per heavy atom. The minimum absolute atomic E-state index is 0.220. The molecule has 1 rings (SSSR count). The van der Waals surface area contributed by atoms with Crippen molar-refractivity contribution in [1.29, 1.82) is 0 Å². The Kier molecular flexibility index (Phi) is 7.11. The highest BCUT2D eigenvalue weighted by Gasteiger charge is 2.10. The maximum Gasteiger partial charge on any atom is 0.306 e. The predicted octanol–water partition coefficient (Wildman–Crippen LogP) is 1.98. The first-order valence-corrected chi connectivity index (χ1v) is 6.28. The molecule has 1 aromatic carbocycles.